The minimum absolute atomic E-state index is 0.189. The van der Waals surface area contributed by atoms with Gasteiger partial charge in [-0.3, -0.25) is 4.79 Å². The molecule has 2 aromatic carbocycles. The van der Waals surface area contributed by atoms with Crippen LogP contribution < -0.4 is 0 Å². The number of benzene rings is 2. The summed E-state index contributed by atoms with van der Waals surface area (Å²) in [5, 5.41) is 8.98. The minimum Gasteiger partial charge on any atom is -0.481 e. The predicted octanol–water partition coefficient (Wildman–Crippen LogP) is 3.84. The molecule has 0 bridgehead atoms. The molecule has 0 spiro atoms. The molecule has 1 aliphatic carbocycles. The van der Waals surface area contributed by atoms with Gasteiger partial charge in [-0.25, -0.2) is 0 Å². The highest BCUT2D eigenvalue weighted by molar-refractivity contribution is 5.81. The molecule has 19 heavy (non-hydrogen) atoms. The first-order valence-corrected chi connectivity index (χ1v) is 6.54. The van der Waals surface area contributed by atoms with Crippen LogP contribution in [0.15, 0.2) is 48.5 Å². The van der Waals surface area contributed by atoms with Crippen LogP contribution in [0.25, 0.3) is 11.1 Å². The molecule has 1 N–H and O–H groups in total. The lowest BCUT2D eigenvalue weighted by molar-refractivity contribution is -0.137. The fraction of sp³-hybridized carbons (Fsp3) is 0.235. The van der Waals surface area contributed by atoms with Crippen molar-refractivity contribution in [3.05, 3.63) is 59.7 Å². The molecular weight excluding hydrogens is 236 g/mol. The van der Waals surface area contributed by atoms with Crippen LogP contribution in [0.1, 0.15) is 30.9 Å². The van der Waals surface area contributed by atoms with E-state index in [1.807, 2.05) is 24.3 Å². The fourth-order valence-corrected chi connectivity index (χ4v) is 3.17. The smallest absolute Gasteiger partial charge is 0.303 e. The Morgan fingerprint density at radius 1 is 1.00 bits per heavy atom. The Bertz CT molecular complexity index is 598. The van der Waals surface area contributed by atoms with E-state index < -0.39 is 5.97 Å². The highest BCUT2D eigenvalue weighted by Crippen LogP contribution is 2.50. The third-order valence-corrected chi connectivity index (χ3v) is 4.17. The van der Waals surface area contributed by atoms with Gasteiger partial charge in [0.05, 0.1) is 0 Å². The van der Waals surface area contributed by atoms with E-state index in [0.29, 0.717) is 6.42 Å². The zero-order chi connectivity index (χ0) is 13.5. The van der Waals surface area contributed by atoms with Gasteiger partial charge in [0.25, 0.3) is 0 Å². The molecule has 3 rings (SSSR count). The Balaban J connectivity index is 2.16. The Hall–Kier alpha value is -2.09. The van der Waals surface area contributed by atoms with E-state index in [2.05, 4.69) is 31.2 Å². The lowest BCUT2D eigenvalue weighted by Crippen LogP contribution is -2.21. The molecule has 0 aliphatic heterocycles. The first kappa shape index (κ1) is 12.0. The Labute approximate surface area is 112 Å². The van der Waals surface area contributed by atoms with E-state index >= 15 is 0 Å². The van der Waals surface area contributed by atoms with E-state index in [9.17, 15) is 4.79 Å². The molecule has 0 amide bonds. The average Bonchev–Trinajstić information content (AvgIpc) is 2.69. The van der Waals surface area contributed by atoms with Gasteiger partial charge in [0, 0.05) is 11.8 Å². The van der Waals surface area contributed by atoms with Gasteiger partial charge in [0.1, 0.15) is 0 Å². The van der Waals surface area contributed by atoms with Gasteiger partial charge in [-0.2, -0.15) is 0 Å². The Morgan fingerprint density at radius 2 is 1.47 bits per heavy atom. The SMILES string of the molecule is CC1(CCC(=O)O)c2ccccc2-c2ccccc21. The van der Waals surface area contributed by atoms with Gasteiger partial charge in [0.15, 0.2) is 0 Å². The molecule has 0 unspecified atom stereocenters. The second-order valence-corrected chi connectivity index (χ2v) is 5.32. The number of aliphatic carboxylic acids is 1. The number of fused-ring (bicyclic) bond motifs is 3. The topological polar surface area (TPSA) is 37.3 Å². The lowest BCUT2D eigenvalue weighted by atomic mass is 9.76. The molecular formula is C17H16O2. The van der Waals surface area contributed by atoms with Crippen LogP contribution in [0.3, 0.4) is 0 Å². The molecule has 0 fully saturated rings. The normalized spacial score (nSPS) is 14.8. The van der Waals surface area contributed by atoms with Crippen LogP contribution in [0.4, 0.5) is 0 Å². The van der Waals surface area contributed by atoms with Crippen molar-refractivity contribution in [2.24, 2.45) is 0 Å². The van der Waals surface area contributed by atoms with Gasteiger partial charge in [0.2, 0.25) is 0 Å². The minimum atomic E-state index is -0.733. The number of hydrogen-bond acceptors (Lipinski definition) is 1. The van der Waals surface area contributed by atoms with Crippen LogP contribution in [-0.2, 0) is 10.2 Å². The lowest BCUT2D eigenvalue weighted by Gasteiger charge is -2.26. The summed E-state index contributed by atoms with van der Waals surface area (Å²) in [7, 11) is 0. The summed E-state index contributed by atoms with van der Waals surface area (Å²) in [6.07, 6.45) is 0.829. The Morgan fingerprint density at radius 3 is 1.95 bits per heavy atom. The molecule has 2 heteroatoms. The molecule has 96 valence electrons. The molecule has 0 saturated heterocycles. The number of hydrogen-bond donors (Lipinski definition) is 1. The van der Waals surface area contributed by atoms with Gasteiger partial charge < -0.3 is 5.11 Å². The maximum absolute atomic E-state index is 10.9. The second kappa shape index (κ2) is 4.23. The summed E-state index contributed by atoms with van der Waals surface area (Å²) in [6.45, 7) is 2.15. The standard InChI is InChI=1S/C17H16O2/c1-17(11-10-16(18)19)14-8-4-2-6-12(14)13-7-3-5-9-15(13)17/h2-9H,10-11H2,1H3,(H,18,19). The third kappa shape index (κ3) is 1.75. The monoisotopic (exact) mass is 252 g/mol. The van der Waals surface area contributed by atoms with Gasteiger partial charge in [-0.1, -0.05) is 55.5 Å². The van der Waals surface area contributed by atoms with Crippen molar-refractivity contribution in [1.29, 1.82) is 0 Å². The summed E-state index contributed by atoms with van der Waals surface area (Å²) in [4.78, 5) is 10.9. The second-order valence-electron chi connectivity index (χ2n) is 5.32. The molecule has 0 saturated carbocycles. The maximum atomic E-state index is 10.9. The Kier molecular flexibility index (Phi) is 2.67. The summed E-state index contributed by atoms with van der Waals surface area (Å²) >= 11 is 0. The van der Waals surface area contributed by atoms with Gasteiger partial charge >= 0.3 is 5.97 Å². The summed E-state index contributed by atoms with van der Waals surface area (Å²) in [5.74, 6) is -0.733. The molecule has 0 atom stereocenters. The third-order valence-electron chi connectivity index (χ3n) is 4.17. The first-order chi connectivity index (χ1) is 9.13. The number of carboxylic acid groups (broad SMARTS) is 1. The van der Waals surface area contributed by atoms with Crippen molar-refractivity contribution in [2.45, 2.75) is 25.2 Å². The van der Waals surface area contributed by atoms with Crippen molar-refractivity contribution in [2.75, 3.05) is 0 Å². The highest BCUT2D eigenvalue weighted by Gasteiger charge is 2.38. The van der Waals surface area contributed by atoms with Gasteiger partial charge in [-0.05, 0) is 28.7 Å². The molecule has 0 heterocycles. The zero-order valence-corrected chi connectivity index (χ0v) is 10.9. The van der Waals surface area contributed by atoms with E-state index in [-0.39, 0.29) is 11.8 Å². The van der Waals surface area contributed by atoms with Crippen LogP contribution in [0, 0.1) is 0 Å². The fourth-order valence-electron chi connectivity index (χ4n) is 3.17. The molecule has 0 radical (unpaired) electrons. The van der Waals surface area contributed by atoms with E-state index in [4.69, 9.17) is 5.11 Å². The van der Waals surface area contributed by atoms with Crippen molar-refractivity contribution in [3.63, 3.8) is 0 Å². The number of carboxylic acids is 1. The molecule has 1 aliphatic rings. The summed E-state index contributed by atoms with van der Waals surface area (Å²) < 4.78 is 0. The first-order valence-electron chi connectivity index (χ1n) is 6.54. The summed E-state index contributed by atoms with van der Waals surface area (Å²) in [6, 6.07) is 16.6. The number of carbonyl (C=O) groups is 1. The number of rotatable bonds is 3. The average molecular weight is 252 g/mol. The van der Waals surface area contributed by atoms with Crippen LogP contribution in [0.5, 0.6) is 0 Å². The van der Waals surface area contributed by atoms with Gasteiger partial charge in [-0.15, -0.1) is 0 Å². The largest absolute Gasteiger partial charge is 0.481 e. The van der Waals surface area contributed by atoms with Crippen molar-refractivity contribution < 1.29 is 9.90 Å². The van der Waals surface area contributed by atoms with E-state index in [1.54, 1.807) is 0 Å². The van der Waals surface area contributed by atoms with Crippen molar-refractivity contribution >= 4 is 5.97 Å². The van der Waals surface area contributed by atoms with Crippen molar-refractivity contribution in [1.82, 2.24) is 0 Å². The van der Waals surface area contributed by atoms with Crippen LogP contribution in [-0.4, -0.2) is 11.1 Å². The molecule has 0 aromatic heterocycles. The summed E-state index contributed by atoms with van der Waals surface area (Å²) in [5.41, 5.74) is 4.79. The van der Waals surface area contributed by atoms with Crippen molar-refractivity contribution in [3.8, 4) is 11.1 Å². The quantitative estimate of drug-likeness (QED) is 0.901. The molecule has 2 nitrogen and oxygen atoms in total. The van der Waals surface area contributed by atoms with E-state index in [1.165, 1.54) is 22.3 Å². The maximum Gasteiger partial charge on any atom is 0.303 e. The van der Waals surface area contributed by atoms with E-state index in [0.717, 1.165) is 0 Å². The molecule has 2 aromatic rings. The zero-order valence-electron chi connectivity index (χ0n) is 10.9. The highest BCUT2D eigenvalue weighted by atomic mass is 16.4. The van der Waals surface area contributed by atoms with Crippen LogP contribution >= 0.6 is 0 Å². The predicted molar refractivity (Wildman–Crippen MR) is 75.2 cm³/mol. The van der Waals surface area contributed by atoms with Crippen LogP contribution in [0.2, 0.25) is 0 Å².